The zero-order chi connectivity index (χ0) is 19.3. The zero-order valence-electron chi connectivity index (χ0n) is 16.6. The molecule has 0 aliphatic carbocycles. The number of rotatable bonds is 5. The van der Waals surface area contributed by atoms with Crippen LogP contribution < -0.4 is 10.2 Å². The molecule has 2 heterocycles. The molecular formula is C22H30N4O. The van der Waals surface area contributed by atoms with Crippen LogP contribution in [0.25, 0.3) is 0 Å². The molecule has 1 aliphatic rings. The van der Waals surface area contributed by atoms with Gasteiger partial charge in [-0.2, -0.15) is 0 Å². The van der Waals surface area contributed by atoms with Crippen LogP contribution in [0.2, 0.25) is 0 Å². The van der Waals surface area contributed by atoms with Gasteiger partial charge in [0.1, 0.15) is 0 Å². The third kappa shape index (κ3) is 5.52. The molecule has 1 amide bonds. The van der Waals surface area contributed by atoms with Crippen molar-refractivity contribution in [1.29, 1.82) is 0 Å². The Kier molecular flexibility index (Phi) is 6.09. The summed E-state index contributed by atoms with van der Waals surface area (Å²) in [6, 6.07) is 12.2. The third-order valence-corrected chi connectivity index (χ3v) is 5.04. The highest BCUT2D eigenvalue weighted by Crippen LogP contribution is 2.30. The van der Waals surface area contributed by atoms with Crippen molar-refractivity contribution in [3.8, 4) is 0 Å². The molecule has 3 rings (SSSR count). The first-order valence-electron chi connectivity index (χ1n) is 9.80. The maximum Gasteiger partial charge on any atom is 0.225 e. The molecule has 144 valence electrons. The van der Waals surface area contributed by atoms with E-state index in [4.69, 9.17) is 0 Å². The first-order chi connectivity index (χ1) is 12.9. The standard InChI is InChI=1S/C22H30N4O/c1-22(2,3)16-19(17-8-5-4-6-9-17)25-20(27)18-10-14-26(15-11-18)21-23-12-7-13-24-21/h4-9,12-13,18-19H,10-11,14-16H2,1-3H3,(H,25,27)/t19-/m1/s1. The minimum Gasteiger partial charge on any atom is -0.349 e. The van der Waals surface area contributed by atoms with E-state index >= 15 is 0 Å². The molecule has 0 unspecified atom stereocenters. The van der Waals surface area contributed by atoms with Crippen molar-refractivity contribution in [3.63, 3.8) is 0 Å². The second kappa shape index (κ2) is 8.51. The van der Waals surface area contributed by atoms with Gasteiger partial charge >= 0.3 is 0 Å². The molecule has 27 heavy (non-hydrogen) atoms. The normalized spacial score (nSPS) is 16.8. The number of hydrogen-bond donors (Lipinski definition) is 1. The van der Waals surface area contributed by atoms with Gasteiger partial charge < -0.3 is 10.2 Å². The van der Waals surface area contributed by atoms with E-state index in [0.717, 1.165) is 38.3 Å². The van der Waals surface area contributed by atoms with Crippen molar-refractivity contribution >= 4 is 11.9 Å². The molecule has 5 nitrogen and oxygen atoms in total. The fourth-order valence-corrected chi connectivity index (χ4v) is 3.64. The van der Waals surface area contributed by atoms with Gasteiger partial charge in [-0.15, -0.1) is 0 Å². The van der Waals surface area contributed by atoms with Gasteiger partial charge in [-0.1, -0.05) is 51.1 Å². The van der Waals surface area contributed by atoms with E-state index in [1.165, 1.54) is 5.56 Å². The van der Waals surface area contributed by atoms with Crippen LogP contribution in [0.3, 0.4) is 0 Å². The summed E-state index contributed by atoms with van der Waals surface area (Å²) >= 11 is 0. The molecular weight excluding hydrogens is 336 g/mol. The van der Waals surface area contributed by atoms with E-state index in [1.807, 2.05) is 24.3 Å². The Morgan fingerprint density at radius 2 is 1.74 bits per heavy atom. The number of carbonyl (C=O) groups is 1. The molecule has 0 saturated carbocycles. The monoisotopic (exact) mass is 366 g/mol. The van der Waals surface area contributed by atoms with Gasteiger partial charge in [-0.25, -0.2) is 9.97 Å². The van der Waals surface area contributed by atoms with Gasteiger partial charge in [0, 0.05) is 31.4 Å². The van der Waals surface area contributed by atoms with E-state index in [0.29, 0.717) is 0 Å². The molecule has 0 spiro atoms. The third-order valence-electron chi connectivity index (χ3n) is 5.04. The van der Waals surface area contributed by atoms with Crippen molar-refractivity contribution in [1.82, 2.24) is 15.3 Å². The van der Waals surface area contributed by atoms with Crippen LogP contribution in [-0.2, 0) is 4.79 Å². The largest absolute Gasteiger partial charge is 0.349 e. The maximum absolute atomic E-state index is 12.9. The van der Waals surface area contributed by atoms with Crippen LogP contribution in [0.4, 0.5) is 5.95 Å². The van der Waals surface area contributed by atoms with Crippen molar-refractivity contribution in [3.05, 3.63) is 54.4 Å². The molecule has 1 atom stereocenters. The fraction of sp³-hybridized carbons (Fsp3) is 0.500. The molecule has 1 fully saturated rings. The van der Waals surface area contributed by atoms with E-state index in [1.54, 1.807) is 12.4 Å². The van der Waals surface area contributed by atoms with E-state index < -0.39 is 0 Å². The number of carbonyl (C=O) groups excluding carboxylic acids is 1. The van der Waals surface area contributed by atoms with Crippen LogP contribution in [-0.4, -0.2) is 29.0 Å². The van der Waals surface area contributed by atoms with Gasteiger partial charge in [0.25, 0.3) is 0 Å². The predicted molar refractivity (Wildman–Crippen MR) is 108 cm³/mol. The summed E-state index contributed by atoms with van der Waals surface area (Å²) in [5, 5.41) is 3.33. The Balaban J connectivity index is 1.61. The lowest BCUT2D eigenvalue weighted by atomic mass is 9.85. The molecule has 1 aromatic heterocycles. The Morgan fingerprint density at radius 1 is 1.11 bits per heavy atom. The number of benzene rings is 1. The van der Waals surface area contributed by atoms with Crippen LogP contribution >= 0.6 is 0 Å². The highest BCUT2D eigenvalue weighted by atomic mass is 16.1. The first kappa shape index (κ1) is 19.3. The molecule has 5 heteroatoms. The highest BCUT2D eigenvalue weighted by Gasteiger charge is 2.29. The quantitative estimate of drug-likeness (QED) is 0.869. The van der Waals surface area contributed by atoms with Crippen molar-refractivity contribution in [2.24, 2.45) is 11.3 Å². The number of hydrogen-bond acceptors (Lipinski definition) is 4. The number of aromatic nitrogens is 2. The highest BCUT2D eigenvalue weighted by molar-refractivity contribution is 5.79. The zero-order valence-corrected chi connectivity index (χ0v) is 16.6. The van der Waals surface area contributed by atoms with Gasteiger partial charge in [0.05, 0.1) is 6.04 Å². The van der Waals surface area contributed by atoms with Crippen molar-refractivity contribution < 1.29 is 4.79 Å². The maximum atomic E-state index is 12.9. The summed E-state index contributed by atoms with van der Waals surface area (Å²) < 4.78 is 0. The second-order valence-corrected chi connectivity index (χ2v) is 8.55. The summed E-state index contributed by atoms with van der Waals surface area (Å²) in [6.45, 7) is 8.28. The molecule has 1 aliphatic heterocycles. The van der Waals surface area contributed by atoms with Crippen LogP contribution in [0.1, 0.15) is 51.6 Å². The van der Waals surface area contributed by atoms with Gasteiger partial charge in [0.2, 0.25) is 11.9 Å². The molecule has 1 N–H and O–H groups in total. The summed E-state index contributed by atoms with van der Waals surface area (Å²) in [5.41, 5.74) is 1.32. The smallest absolute Gasteiger partial charge is 0.225 e. The number of nitrogens with zero attached hydrogens (tertiary/aromatic N) is 3. The first-order valence-corrected chi connectivity index (χ1v) is 9.80. The predicted octanol–water partition coefficient (Wildman–Crippen LogP) is 3.99. The molecule has 2 aromatic rings. The summed E-state index contributed by atoms with van der Waals surface area (Å²) in [7, 11) is 0. The Hall–Kier alpha value is -2.43. The fourth-order valence-electron chi connectivity index (χ4n) is 3.64. The summed E-state index contributed by atoms with van der Waals surface area (Å²) in [4.78, 5) is 23.7. The molecule has 0 radical (unpaired) electrons. The van der Waals surface area contributed by atoms with Crippen LogP contribution in [0.15, 0.2) is 48.8 Å². The Labute approximate surface area is 162 Å². The van der Waals surface area contributed by atoms with E-state index in [2.05, 4.69) is 53.1 Å². The van der Waals surface area contributed by atoms with Crippen LogP contribution in [0, 0.1) is 11.3 Å². The minimum absolute atomic E-state index is 0.0502. The van der Waals surface area contributed by atoms with Gasteiger partial charge in [0.15, 0.2) is 0 Å². The molecule has 1 aromatic carbocycles. The summed E-state index contributed by atoms with van der Waals surface area (Å²) in [5.74, 6) is 0.976. The summed E-state index contributed by atoms with van der Waals surface area (Å²) in [6.07, 6.45) is 6.11. The Morgan fingerprint density at radius 3 is 2.33 bits per heavy atom. The average molecular weight is 367 g/mol. The number of nitrogens with one attached hydrogen (secondary N) is 1. The topological polar surface area (TPSA) is 58.1 Å². The lowest BCUT2D eigenvalue weighted by molar-refractivity contribution is -0.126. The lowest BCUT2D eigenvalue weighted by Gasteiger charge is -2.33. The van der Waals surface area contributed by atoms with Gasteiger partial charge in [-0.3, -0.25) is 4.79 Å². The number of anilines is 1. The van der Waals surface area contributed by atoms with Crippen molar-refractivity contribution in [2.45, 2.75) is 46.1 Å². The molecule has 0 bridgehead atoms. The molecule has 1 saturated heterocycles. The van der Waals surface area contributed by atoms with E-state index in [9.17, 15) is 4.79 Å². The van der Waals surface area contributed by atoms with Crippen LogP contribution in [0.5, 0.6) is 0 Å². The van der Waals surface area contributed by atoms with Crippen molar-refractivity contribution in [2.75, 3.05) is 18.0 Å². The van der Waals surface area contributed by atoms with Gasteiger partial charge in [-0.05, 0) is 36.3 Å². The number of amides is 1. The average Bonchev–Trinajstić information content (AvgIpc) is 2.68. The SMILES string of the molecule is CC(C)(C)C[C@@H](NC(=O)C1CCN(c2ncccn2)CC1)c1ccccc1. The Bertz CT molecular complexity index is 719. The lowest BCUT2D eigenvalue weighted by Crippen LogP contribution is -2.42. The minimum atomic E-state index is 0.0502. The number of piperidine rings is 1. The second-order valence-electron chi connectivity index (χ2n) is 8.55. The van der Waals surface area contributed by atoms with E-state index in [-0.39, 0.29) is 23.3 Å².